The van der Waals surface area contributed by atoms with Crippen LogP contribution in [0, 0.1) is 0 Å². The number of esters is 1. The Balaban J connectivity index is 1.53. The van der Waals surface area contributed by atoms with Crippen LogP contribution >= 0.6 is 11.3 Å². The number of aromatic nitrogens is 1. The largest absolute Gasteiger partial charge is 0.497 e. The number of carbonyl (C=O) groups is 2. The van der Waals surface area contributed by atoms with Crippen molar-refractivity contribution < 1.29 is 28.5 Å². The number of nitrogens with one attached hydrogen (secondary N) is 1. The summed E-state index contributed by atoms with van der Waals surface area (Å²) < 4.78 is 21.5. The number of ether oxygens (including phenoxy) is 4. The van der Waals surface area contributed by atoms with Gasteiger partial charge in [0.1, 0.15) is 5.75 Å². The van der Waals surface area contributed by atoms with Gasteiger partial charge in [-0.1, -0.05) is 17.4 Å². The number of benzene rings is 2. The number of amides is 1. The molecule has 29 heavy (non-hydrogen) atoms. The Morgan fingerprint density at radius 1 is 1.00 bits per heavy atom. The number of anilines is 1. The third-order valence-electron chi connectivity index (χ3n) is 4.00. The number of nitrogens with zero attached hydrogens (tertiary/aromatic N) is 1. The first-order valence-electron chi connectivity index (χ1n) is 8.63. The minimum atomic E-state index is -0.526. The van der Waals surface area contributed by atoms with Crippen molar-refractivity contribution >= 4 is 38.6 Å². The van der Waals surface area contributed by atoms with Crippen molar-refractivity contribution in [2.24, 2.45) is 0 Å². The van der Waals surface area contributed by atoms with Crippen molar-refractivity contribution in [1.82, 2.24) is 4.98 Å². The van der Waals surface area contributed by atoms with Gasteiger partial charge in [0.15, 0.2) is 23.2 Å². The molecule has 0 aliphatic heterocycles. The summed E-state index contributed by atoms with van der Waals surface area (Å²) in [4.78, 5) is 28.4. The zero-order valence-corrected chi connectivity index (χ0v) is 17.0. The molecule has 0 aliphatic carbocycles. The molecule has 1 aromatic heterocycles. The first kappa shape index (κ1) is 20.4. The fourth-order valence-corrected chi connectivity index (χ4v) is 3.51. The van der Waals surface area contributed by atoms with Gasteiger partial charge in [-0.3, -0.25) is 14.9 Å². The maximum Gasteiger partial charge on any atom is 0.310 e. The molecular formula is C20H20N2O6S. The van der Waals surface area contributed by atoms with Crippen LogP contribution in [0.1, 0.15) is 5.56 Å². The van der Waals surface area contributed by atoms with Gasteiger partial charge in [-0.2, -0.15) is 0 Å². The fraction of sp³-hybridized carbons (Fsp3) is 0.250. The lowest BCUT2D eigenvalue weighted by atomic mass is 10.1. The Bertz CT molecular complexity index is 1030. The lowest BCUT2D eigenvalue weighted by Crippen LogP contribution is -2.21. The minimum Gasteiger partial charge on any atom is -0.497 e. The predicted molar refractivity (Wildman–Crippen MR) is 109 cm³/mol. The molecule has 0 radical (unpaired) electrons. The van der Waals surface area contributed by atoms with Crippen LogP contribution in [0.25, 0.3) is 10.2 Å². The summed E-state index contributed by atoms with van der Waals surface area (Å²) in [5.41, 5.74) is 1.43. The second-order valence-corrected chi connectivity index (χ2v) is 6.96. The number of hydrogen-bond donors (Lipinski definition) is 1. The van der Waals surface area contributed by atoms with Crippen molar-refractivity contribution in [3.63, 3.8) is 0 Å². The van der Waals surface area contributed by atoms with Crippen LogP contribution < -0.4 is 19.5 Å². The van der Waals surface area contributed by atoms with E-state index in [2.05, 4.69) is 10.3 Å². The minimum absolute atomic E-state index is 0.00850. The Morgan fingerprint density at radius 2 is 1.79 bits per heavy atom. The van der Waals surface area contributed by atoms with Gasteiger partial charge in [0.2, 0.25) is 0 Å². The Kier molecular flexibility index (Phi) is 6.50. The molecule has 3 aromatic rings. The van der Waals surface area contributed by atoms with Crippen molar-refractivity contribution in [3.8, 4) is 17.2 Å². The normalized spacial score (nSPS) is 10.4. The topological polar surface area (TPSA) is 96.0 Å². The summed E-state index contributed by atoms with van der Waals surface area (Å²) >= 11 is 1.31. The third-order valence-corrected chi connectivity index (χ3v) is 4.94. The van der Waals surface area contributed by atoms with E-state index >= 15 is 0 Å². The number of methoxy groups -OCH3 is 3. The molecule has 1 N–H and O–H groups in total. The number of hydrogen-bond acceptors (Lipinski definition) is 8. The SMILES string of the molecule is COc1ccc2nc(NC(=O)COC(=O)Cc3ccc(OC)c(OC)c3)sc2c1. The van der Waals surface area contributed by atoms with Crippen LogP contribution in [0.3, 0.4) is 0 Å². The molecule has 2 aromatic carbocycles. The summed E-state index contributed by atoms with van der Waals surface area (Å²) in [5, 5.41) is 3.06. The Hall–Kier alpha value is -3.33. The molecule has 3 rings (SSSR count). The highest BCUT2D eigenvalue weighted by molar-refractivity contribution is 7.22. The lowest BCUT2D eigenvalue weighted by molar-refractivity contribution is -0.146. The first-order chi connectivity index (χ1) is 14.0. The smallest absolute Gasteiger partial charge is 0.310 e. The fourth-order valence-electron chi connectivity index (χ4n) is 2.60. The summed E-state index contributed by atoms with van der Waals surface area (Å²) in [6, 6.07) is 10.6. The maximum atomic E-state index is 12.1. The molecule has 0 saturated carbocycles. The van der Waals surface area contributed by atoms with Crippen molar-refractivity contribution in [2.45, 2.75) is 6.42 Å². The molecule has 9 heteroatoms. The number of thiazole rings is 1. The van der Waals surface area contributed by atoms with E-state index in [1.165, 1.54) is 25.6 Å². The highest BCUT2D eigenvalue weighted by Crippen LogP contribution is 2.29. The number of fused-ring (bicyclic) bond motifs is 1. The van der Waals surface area contributed by atoms with Gasteiger partial charge >= 0.3 is 5.97 Å². The molecule has 8 nitrogen and oxygen atoms in total. The van der Waals surface area contributed by atoms with E-state index in [1.54, 1.807) is 31.4 Å². The van der Waals surface area contributed by atoms with E-state index in [0.29, 0.717) is 27.9 Å². The van der Waals surface area contributed by atoms with Crippen molar-refractivity contribution in [1.29, 1.82) is 0 Å². The van der Waals surface area contributed by atoms with E-state index < -0.39 is 18.5 Å². The standard InChI is InChI=1S/C20H20N2O6S/c1-25-13-5-6-14-17(10-13)29-20(21-14)22-18(23)11-28-19(24)9-12-4-7-15(26-2)16(8-12)27-3/h4-8,10H,9,11H2,1-3H3,(H,21,22,23). The highest BCUT2D eigenvalue weighted by Gasteiger charge is 2.13. The zero-order valence-electron chi connectivity index (χ0n) is 16.2. The molecule has 1 amide bonds. The summed E-state index contributed by atoms with van der Waals surface area (Å²) in [6.45, 7) is -0.397. The number of carbonyl (C=O) groups excluding carboxylic acids is 2. The van der Waals surface area contributed by atoms with Gasteiger partial charge in [0.05, 0.1) is 38.0 Å². The van der Waals surface area contributed by atoms with Crippen LogP contribution in [-0.4, -0.2) is 44.8 Å². The van der Waals surface area contributed by atoms with Crippen LogP contribution in [-0.2, 0) is 20.7 Å². The Labute approximate surface area is 171 Å². The average Bonchev–Trinajstić information content (AvgIpc) is 3.13. The third kappa shape index (κ3) is 5.14. The van der Waals surface area contributed by atoms with Crippen molar-refractivity contribution in [3.05, 3.63) is 42.0 Å². The van der Waals surface area contributed by atoms with Gasteiger partial charge in [-0.15, -0.1) is 0 Å². The molecule has 0 spiro atoms. The quantitative estimate of drug-likeness (QED) is 0.564. The lowest BCUT2D eigenvalue weighted by Gasteiger charge is -2.09. The molecule has 0 bridgehead atoms. The molecule has 152 valence electrons. The molecule has 0 saturated heterocycles. The van der Waals surface area contributed by atoms with Crippen LogP contribution in [0.2, 0.25) is 0 Å². The van der Waals surface area contributed by atoms with Gasteiger partial charge < -0.3 is 18.9 Å². The number of rotatable bonds is 8. The monoisotopic (exact) mass is 416 g/mol. The second kappa shape index (κ2) is 9.24. The van der Waals surface area contributed by atoms with E-state index in [0.717, 1.165) is 10.2 Å². The summed E-state index contributed by atoms with van der Waals surface area (Å²) in [6.07, 6.45) is 0.00850. The highest BCUT2D eigenvalue weighted by atomic mass is 32.1. The van der Waals surface area contributed by atoms with Crippen LogP contribution in [0.5, 0.6) is 17.2 Å². The van der Waals surface area contributed by atoms with Gasteiger partial charge in [0, 0.05) is 0 Å². The van der Waals surface area contributed by atoms with Gasteiger partial charge in [-0.05, 0) is 35.9 Å². The molecule has 0 aliphatic rings. The summed E-state index contributed by atoms with van der Waals surface area (Å²) in [5.74, 6) is 0.807. The molecule has 0 unspecified atom stereocenters. The van der Waals surface area contributed by atoms with E-state index in [1.807, 2.05) is 12.1 Å². The van der Waals surface area contributed by atoms with Gasteiger partial charge in [-0.25, -0.2) is 4.98 Å². The van der Waals surface area contributed by atoms with Crippen molar-refractivity contribution in [2.75, 3.05) is 33.3 Å². The van der Waals surface area contributed by atoms with E-state index in [-0.39, 0.29) is 6.42 Å². The van der Waals surface area contributed by atoms with Crippen LogP contribution in [0.4, 0.5) is 5.13 Å². The first-order valence-corrected chi connectivity index (χ1v) is 9.45. The molecular weight excluding hydrogens is 396 g/mol. The molecule has 1 heterocycles. The van der Waals surface area contributed by atoms with E-state index in [4.69, 9.17) is 18.9 Å². The Morgan fingerprint density at radius 3 is 2.52 bits per heavy atom. The van der Waals surface area contributed by atoms with E-state index in [9.17, 15) is 9.59 Å². The maximum absolute atomic E-state index is 12.1. The molecule has 0 atom stereocenters. The predicted octanol–water partition coefficient (Wildman–Crippen LogP) is 3.05. The summed E-state index contributed by atoms with van der Waals surface area (Å²) in [7, 11) is 4.63. The second-order valence-electron chi connectivity index (χ2n) is 5.93. The zero-order chi connectivity index (χ0) is 20.8. The van der Waals surface area contributed by atoms with Crippen LogP contribution in [0.15, 0.2) is 36.4 Å². The van der Waals surface area contributed by atoms with Gasteiger partial charge in [0.25, 0.3) is 5.91 Å². The average molecular weight is 416 g/mol. The molecule has 0 fully saturated rings.